The SMILES string of the molecule is CCCN(CCO)C(=O)CNC(=O)CN. The van der Waals surface area contributed by atoms with Crippen LogP contribution in [0.25, 0.3) is 0 Å². The Bertz CT molecular complexity index is 203. The van der Waals surface area contributed by atoms with Crippen molar-refractivity contribution in [2.45, 2.75) is 13.3 Å². The van der Waals surface area contributed by atoms with E-state index in [1.54, 1.807) is 0 Å². The number of carbonyl (C=O) groups is 2. The number of aliphatic hydroxyl groups is 1. The van der Waals surface area contributed by atoms with E-state index < -0.39 is 0 Å². The fraction of sp³-hybridized carbons (Fsp3) is 0.778. The highest BCUT2D eigenvalue weighted by molar-refractivity contribution is 5.85. The molecule has 6 heteroatoms. The minimum atomic E-state index is -0.358. The van der Waals surface area contributed by atoms with Crippen LogP contribution in [-0.2, 0) is 9.59 Å². The predicted octanol–water partition coefficient (Wildman–Crippen LogP) is -1.71. The van der Waals surface area contributed by atoms with Crippen LogP contribution in [0.1, 0.15) is 13.3 Å². The fourth-order valence-electron chi connectivity index (χ4n) is 1.11. The molecule has 0 aromatic carbocycles. The van der Waals surface area contributed by atoms with Gasteiger partial charge < -0.3 is 21.1 Å². The molecule has 0 aromatic heterocycles. The fourth-order valence-corrected chi connectivity index (χ4v) is 1.11. The molecular formula is C9H19N3O3. The third-order valence-corrected chi connectivity index (χ3v) is 1.84. The van der Waals surface area contributed by atoms with Gasteiger partial charge in [0.15, 0.2) is 0 Å². The lowest BCUT2D eigenvalue weighted by Crippen LogP contribution is -2.43. The zero-order valence-electron chi connectivity index (χ0n) is 9.03. The van der Waals surface area contributed by atoms with Crippen molar-refractivity contribution in [1.82, 2.24) is 10.2 Å². The van der Waals surface area contributed by atoms with Crippen molar-refractivity contribution in [3.63, 3.8) is 0 Å². The van der Waals surface area contributed by atoms with Gasteiger partial charge in [0.05, 0.1) is 19.7 Å². The van der Waals surface area contributed by atoms with Crippen molar-refractivity contribution in [3.8, 4) is 0 Å². The van der Waals surface area contributed by atoms with Gasteiger partial charge >= 0.3 is 0 Å². The minimum Gasteiger partial charge on any atom is -0.395 e. The molecule has 0 unspecified atom stereocenters. The summed E-state index contributed by atoms with van der Waals surface area (Å²) in [6, 6.07) is 0. The lowest BCUT2D eigenvalue weighted by molar-refractivity contribution is -0.133. The first kappa shape index (κ1) is 13.9. The molecule has 0 spiro atoms. The van der Waals surface area contributed by atoms with E-state index in [4.69, 9.17) is 10.8 Å². The lowest BCUT2D eigenvalue weighted by Gasteiger charge is -2.21. The Morgan fingerprint density at radius 2 is 2.07 bits per heavy atom. The Kier molecular flexibility index (Phi) is 7.57. The maximum atomic E-state index is 11.5. The Morgan fingerprint density at radius 3 is 2.53 bits per heavy atom. The number of nitrogens with one attached hydrogen (secondary N) is 1. The van der Waals surface area contributed by atoms with Crippen LogP contribution >= 0.6 is 0 Å². The Morgan fingerprint density at radius 1 is 1.40 bits per heavy atom. The van der Waals surface area contributed by atoms with Crippen LogP contribution < -0.4 is 11.1 Å². The first-order chi connectivity index (χ1) is 7.15. The molecule has 0 fully saturated rings. The normalized spacial score (nSPS) is 9.80. The monoisotopic (exact) mass is 217 g/mol. The number of aliphatic hydroxyl groups excluding tert-OH is 1. The van der Waals surface area contributed by atoms with Crippen LogP contribution in [0.15, 0.2) is 0 Å². The summed E-state index contributed by atoms with van der Waals surface area (Å²) in [6.45, 7) is 2.56. The molecule has 0 aliphatic carbocycles. The molecule has 2 amide bonds. The van der Waals surface area contributed by atoms with E-state index in [9.17, 15) is 9.59 Å². The summed E-state index contributed by atoms with van der Waals surface area (Å²) in [5.41, 5.74) is 5.07. The molecule has 0 radical (unpaired) electrons. The molecule has 0 saturated carbocycles. The molecule has 0 aromatic rings. The Balaban J connectivity index is 3.96. The Hall–Kier alpha value is -1.14. The van der Waals surface area contributed by atoms with Gasteiger partial charge in [0.25, 0.3) is 0 Å². The van der Waals surface area contributed by atoms with Crippen molar-refractivity contribution in [1.29, 1.82) is 0 Å². The summed E-state index contributed by atoms with van der Waals surface area (Å²) < 4.78 is 0. The van der Waals surface area contributed by atoms with Crippen molar-refractivity contribution in [3.05, 3.63) is 0 Å². The number of hydrogen-bond donors (Lipinski definition) is 3. The zero-order valence-corrected chi connectivity index (χ0v) is 9.03. The molecule has 0 atom stereocenters. The van der Waals surface area contributed by atoms with Crippen molar-refractivity contribution in [2.24, 2.45) is 5.73 Å². The standard InChI is InChI=1S/C9H19N3O3/c1-2-3-12(4-5-13)9(15)7-11-8(14)6-10/h13H,2-7,10H2,1H3,(H,11,14). The molecule has 4 N–H and O–H groups in total. The highest BCUT2D eigenvalue weighted by Crippen LogP contribution is 1.91. The number of nitrogens with two attached hydrogens (primary N) is 1. The van der Waals surface area contributed by atoms with Gasteiger partial charge in [-0.1, -0.05) is 6.92 Å². The number of amides is 2. The van der Waals surface area contributed by atoms with E-state index in [1.165, 1.54) is 4.90 Å². The van der Waals surface area contributed by atoms with Gasteiger partial charge in [0, 0.05) is 13.1 Å². The van der Waals surface area contributed by atoms with E-state index in [2.05, 4.69) is 5.32 Å². The Labute approximate surface area is 89.4 Å². The van der Waals surface area contributed by atoms with Gasteiger partial charge in [0.1, 0.15) is 0 Å². The summed E-state index contributed by atoms with van der Waals surface area (Å²) in [5.74, 6) is -0.559. The molecule has 15 heavy (non-hydrogen) atoms. The van der Waals surface area contributed by atoms with E-state index in [0.29, 0.717) is 13.1 Å². The quantitative estimate of drug-likeness (QED) is 0.473. The van der Waals surface area contributed by atoms with Crippen LogP contribution in [0.3, 0.4) is 0 Å². The molecule has 0 aliphatic rings. The number of hydrogen-bond acceptors (Lipinski definition) is 4. The van der Waals surface area contributed by atoms with Crippen LogP contribution in [0.5, 0.6) is 0 Å². The van der Waals surface area contributed by atoms with Gasteiger partial charge in [-0.05, 0) is 6.42 Å². The molecule has 0 saturated heterocycles. The maximum Gasteiger partial charge on any atom is 0.242 e. The molecule has 88 valence electrons. The molecule has 6 nitrogen and oxygen atoms in total. The minimum absolute atomic E-state index is 0.0595. The van der Waals surface area contributed by atoms with Crippen molar-refractivity contribution >= 4 is 11.8 Å². The van der Waals surface area contributed by atoms with Gasteiger partial charge in [-0.3, -0.25) is 9.59 Å². The van der Waals surface area contributed by atoms with Crippen molar-refractivity contribution in [2.75, 3.05) is 32.8 Å². The number of nitrogens with zero attached hydrogens (tertiary/aromatic N) is 1. The number of rotatable bonds is 7. The largest absolute Gasteiger partial charge is 0.395 e. The third-order valence-electron chi connectivity index (χ3n) is 1.84. The maximum absolute atomic E-state index is 11.5. The molecular weight excluding hydrogens is 198 g/mol. The van der Waals surface area contributed by atoms with E-state index in [0.717, 1.165) is 6.42 Å². The van der Waals surface area contributed by atoms with Crippen LogP contribution in [-0.4, -0.2) is 54.6 Å². The molecule has 0 rings (SSSR count). The van der Waals surface area contributed by atoms with E-state index >= 15 is 0 Å². The van der Waals surface area contributed by atoms with Crippen molar-refractivity contribution < 1.29 is 14.7 Å². The summed E-state index contributed by atoms with van der Waals surface area (Å²) >= 11 is 0. The average molecular weight is 217 g/mol. The van der Waals surface area contributed by atoms with Crippen LogP contribution in [0.2, 0.25) is 0 Å². The van der Waals surface area contributed by atoms with Gasteiger partial charge in [-0.25, -0.2) is 0 Å². The topological polar surface area (TPSA) is 95.7 Å². The van der Waals surface area contributed by atoms with Gasteiger partial charge in [-0.2, -0.15) is 0 Å². The third kappa shape index (κ3) is 6.03. The summed E-state index contributed by atoms with van der Waals surface area (Å²) in [5, 5.41) is 11.1. The van der Waals surface area contributed by atoms with Crippen LogP contribution in [0.4, 0.5) is 0 Å². The van der Waals surface area contributed by atoms with Gasteiger partial charge in [-0.15, -0.1) is 0 Å². The highest BCUT2D eigenvalue weighted by Gasteiger charge is 2.12. The summed E-state index contributed by atoms with van der Waals surface area (Å²) in [7, 11) is 0. The van der Waals surface area contributed by atoms with E-state index in [1.807, 2.05) is 6.92 Å². The smallest absolute Gasteiger partial charge is 0.242 e. The number of carbonyl (C=O) groups excluding carboxylic acids is 2. The summed E-state index contributed by atoms with van der Waals surface area (Å²) in [4.78, 5) is 23.8. The van der Waals surface area contributed by atoms with E-state index in [-0.39, 0.29) is 31.5 Å². The molecule has 0 aliphatic heterocycles. The van der Waals surface area contributed by atoms with Gasteiger partial charge in [0.2, 0.25) is 11.8 Å². The first-order valence-corrected chi connectivity index (χ1v) is 5.01. The second kappa shape index (κ2) is 8.19. The second-order valence-corrected chi connectivity index (χ2v) is 3.09. The molecule has 0 bridgehead atoms. The zero-order chi connectivity index (χ0) is 11.7. The predicted molar refractivity (Wildman–Crippen MR) is 56.0 cm³/mol. The van der Waals surface area contributed by atoms with Crippen LogP contribution in [0, 0.1) is 0 Å². The average Bonchev–Trinajstić information content (AvgIpc) is 2.25. The lowest BCUT2D eigenvalue weighted by atomic mass is 10.3. The highest BCUT2D eigenvalue weighted by atomic mass is 16.3. The first-order valence-electron chi connectivity index (χ1n) is 5.01. The second-order valence-electron chi connectivity index (χ2n) is 3.09. The summed E-state index contributed by atoms with van der Waals surface area (Å²) in [6.07, 6.45) is 0.816. The molecule has 0 heterocycles.